The van der Waals surface area contributed by atoms with Crippen LogP contribution in [0.3, 0.4) is 0 Å². The summed E-state index contributed by atoms with van der Waals surface area (Å²) in [7, 11) is 0. The number of rotatable bonds is 3. The zero-order chi connectivity index (χ0) is 16.3. The van der Waals surface area contributed by atoms with Crippen LogP contribution >= 0.6 is 27.5 Å². The second-order valence-electron chi connectivity index (χ2n) is 6.61. The maximum atomic E-state index is 12.8. The molecule has 0 spiro atoms. The first kappa shape index (κ1) is 15.2. The van der Waals surface area contributed by atoms with Gasteiger partial charge in [0.1, 0.15) is 0 Å². The van der Waals surface area contributed by atoms with Gasteiger partial charge >= 0.3 is 5.97 Å². The number of anilines is 1. The molecule has 4 aliphatic rings. The Morgan fingerprint density at radius 1 is 1.17 bits per heavy atom. The van der Waals surface area contributed by atoms with Crippen molar-refractivity contribution in [2.45, 2.75) is 6.42 Å². The fourth-order valence-electron chi connectivity index (χ4n) is 4.37. The van der Waals surface area contributed by atoms with Gasteiger partial charge in [0.15, 0.2) is 0 Å². The van der Waals surface area contributed by atoms with Crippen LogP contribution in [0.2, 0.25) is 5.02 Å². The smallest absolute Gasteiger partial charge is 0.307 e. The molecule has 120 valence electrons. The maximum Gasteiger partial charge on any atom is 0.307 e. The third-order valence-electron chi connectivity index (χ3n) is 5.43. The molecule has 0 radical (unpaired) electrons. The van der Waals surface area contributed by atoms with E-state index in [0.29, 0.717) is 22.5 Å². The molecule has 5 rings (SSSR count). The Bertz CT molecular complexity index is 735. The molecular weight excluding hydrogens is 382 g/mol. The molecule has 0 aromatic heterocycles. The first-order valence-electron chi connectivity index (χ1n) is 7.64. The van der Waals surface area contributed by atoms with Crippen molar-refractivity contribution in [2.75, 3.05) is 5.32 Å². The van der Waals surface area contributed by atoms with E-state index in [1.54, 1.807) is 18.2 Å². The zero-order valence-electron chi connectivity index (χ0n) is 12.1. The number of hydrogen-bond donors (Lipinski definition) is 2. The van der Waals surface area contributed by atoms with Gasteiger partial charge in [0.2, 0.25) is 5.91 Å². The number of carboxylic acid groups (broad SMARTS) is 1. The second kappa shape index (κ2) is 5.35. The Hall–Kier alpha value is -1.33. The van der Waals surface area contributed by atoms with Crippen LogP contribution in [-0.2, 0) is 9.59 Å². The van der Waals surface area contributed by atoms with Crippen molar-refractivity contribution in [3.8, 4) is 0 Å². The van der Waals surface area contributed by atoms with E-state index >= 15 is 0 Å². The van der Waals surface area contributed by atoms with Crippen LogP contribution in [0.1, 0.15) is 6.42 Å². The van der Waals surface area contributed by atoms with Gasteiger partial charge in [-0.2, -0.15) is 0 Å². The first-order chi connectivity index (χ1) is 11.0. The summed E-state index contributed by atoms with van der Waals surface area (Å²) in [4.78, 5) is 24.5. The maximum absolute atomic E-state index is 12.8. The molecule has 6 heteroatoms. The lowest BCUT2D eigenvalue weighted by Gasteiger charge is -2.41. The fraction of sp³-hybridized carbons (Fsp3) is 0.412. The van der Waals surface area contributed by atoms with Crippen LogP contribution in [0.5, 0.6) is 0 Å². The number of carbonyl (C=O) groups is 2. The number of amides is 1. The van der Waals surface area contributed by atoms with Crippen molar-refractivity contribution < 1.29 is 14.7 Å². The highest BCUT2D eigenvalue weighted by Crippen LogP contribution is 2.63. The van der Waals surface area contributed by atoms with Crippen molar-refractivity contribution in [2.24, 2.45) is 35.5 Å². The number of carbonyl (C=O) groups excluding carboxylic acids is 1. The van der Waals surface area contributed by atoms with Gasteiger partial charge in [0.05, 0.1) is 16.9 Å². The molecule has 1 aromatic carbocycles. The van der Waals surface area contributed by atoms with Gasteiger partial charge in [-0.15, -0.1) is 0 Å². The monoisotopic (exact) mass is 395 g/mol. The molecular formula is C17H15BrClNO3. The summed E-state index contributed by atoms with van der Waals surface area (Å²) >= 11 is 9.36. The third kappa shape index (κ3) is 2.41. The van der Waals surface area contributed by atoms with E-state index in [9.17, 15) is 14.7 Å². The first-order valence-corrected chi connectivity index (χ1v) is 8.81. The number of halogens is 2. The average Bonchev–Trinajstić information content (AvgIpc) is 3.32. The minimum absolute atomic E-state index is 0.00763. The molecule has 2 fully saturated rings. The zero-order valence-corrected chi connectivity index (χ0v) is 14.4. The van der Waals surface area contributed by atoms with Crippen LogP contribution in [0, 0.1) is 35.5 Å². The molecule has 1 aromatic rings. The second-order valence-corrected chi connectivity index (χ2v) is 7.87. The van der Waals surface area contributed by atoms with Crippen molar-refractivity contribution in [1.82, 2.24) is 0 Å². The molecule has 2 saturated carbocycles. The van der Waals surface area contributed by atoms with Gasteiger partial charge in [-0.25, -0.2) is 0 Å². The van der Waals surface area contributed by atoms with Crippen molar-refractivity contribution in [1.29, 1.82) is 0 Å². The van der Waals surface area contributed by atoms with Gasteiger partial charge in [0.25, 0.3) is 0 Å². The van der Waals surface area contributed by atoms with E-state index in [0.717, 1.165) is 10.9 Å². The topological polar surface area (TPSA) is 66.4 Å². The molecule has 0 unspecified atom stereocenters. The Morgan fingerprint density at radius 2 is 1.83 bits per heavy atom. The number of allylic oxidation sites excluding steroid dienone is 2. The summed E-state index contributed by atoms with van der Waals surface area (Å²) in [6.45, 7) is 0. The SMILES string of the molecule is O=C(O)[C@@H]1[C@H]2C=C[C@@H]([C@@H]3C[C@@H]23)[C@@H]1C(=O)Nc1ccc(Br)c(Cl)c1. The normalized spacial score (nSPS) is 36.4. The predicted molar refractivity (Wildman–Crippen MR) is 90.1 cm³/mol. The number of aliphatic carboxylic acids is 1. The van der Waals surface area contributed by atoms with Gasteiger partial charge < -0.3 is 10.4 Å². The van der Waals surface area contributed by atoms with E-state index in [2.05, 4.69) is 27.3 Å². The van der Waals surface area contributed by atoms with Gasteiger partial charge in [-0.3, -0.25) is 9.59 Å². The van der Waals surface area contributed by atoms with Gasteiger partial charge in [0, 0.05) is 10.2 Å². The van der Waals surface area contributed by atoms with E-state index in [1.165, 1.54) is 0 Å². The highest BCUT2D eigenvalue weighted by atomic mass is 79.9. The Labute approximate surface area is 147 Å². The third-order valence-corrected chi connectivity index (χ3v) is 6.66. The molecule has 4 nitrogen and oxygen atoms in total. The highest BCUT2D eigenvalue weighted by molar-refractivity contribution is 9.10. The van der Waals surface area contributed by atoms with E-state index in [-0.39, 0.29) is 17.7 Å². The lowest BCUT2D eigenvalue weighted by atomic mass is 9.62. The van der Waals surface area contributed by atoms with Crippen LogP contribution in [0.25, 0.3) is 0 Å². The molecule has 0 saturated heterocycles. The van der Waals surface area contributed by atoms with Crippen molar-refractivity contribution >= 4 is 45.1 Å². The highest BCUT2D eigenvalue weighted by Gasteiger charge is 2.62. The molecule has 1 amide bonds. The number of carboxylic acids is 1. The van der Waals surface area contributed by atoms with Gasteiger partial charge in [-0.1, -0.05) is 23.8 Å². The summed E-state index contributed by atoms with van der Waals surface area (Å²) in [5.74, 6) is -1.26. The average molecular weight is 397 g/mol. The molecule has 4 aliphatic carbocycles. The largest absolute Gasteiger partial charge is 0.481 e. The lowest BCUT2D eigenvalue weighted by Crippen LogP contribution is -2.48. The number of nitrogens with one attached hydrogen (secondary N) is 1. The minimum Gasteiger partial charge on any atom is -0.481 e. The van der Waals surface area contributed by atoms with Gasteiger partial charge in [-0.05, 0) is 64.2 Å². The van der Waals surface area contributed by atoms with Crippen LogP contribution in [0.4, 0.5) is 5.69 Å². The number of benzene rings is 1. The summed E-state index contributed by atoms with van der Waals surface area (Å²) in [6, 6.07) is 5.17. The Morgan fingerprint density at radius 3 is 2.43 bits per heavy atom. The predicted octanol–water partition coefficient (Wildman–Crippen LogP) is 3.81. The van der Waals surface area contributed by atoms with E-state index < -0.39 is 17.8 Å². The molecule has 0 aliphatic heterocycles. The van der Waals surface area contributed by atoms with Crippen LogP contribution < -0.4 is 5.32 Å². The molecule has 0 heterocycles. The van der Waals surface area contributed by atoms with Crippen molar-refractivity contribution in [3.05, 3.63) is 39.8 Å². The van der Waals surface area contributed by atoms with Crippen molar-refractivity contribution in [3.63, 3.8) is 0 Å². The molecule has 23 heavy (non-hydrogen) atoms. The lowest BCUT2D eigenvalue weighted by molar-refractivity contribution is -0.152. The minimum atomic E-state index is -0.872. The van der Waals surface area contributed by atoms with E-state index in [1.807, 2.05) is 6.08 Å². The Kier molecular flexibility index (Phi) is 3.54. The summed E-state index contributed by atoms with van der Waals surface area (Å²) in [5, 5.41) is 13.0. The van der Waals surface area contributed by atoms with Crippen LogP contribution in [0.15, 0.2) is 34.8 Å². The van der Waals surface area contributed by atoms with Crippen LogP contribution in [-0.4, -0.2) is 17.0 Å². The molecule has 6 atom stereocenters. The number of hydrogen-bond acceptors (Lipinski definition) is 2. The molecule has 2 N–H and O–H groups in total. The summed E-state index contributed by atoms with van der Waals surface area (Å²) in [5.41, 5.74) is 0.588. The fourth-order valence-corrected chi connectivity index (χ4v) is 4.80. The van der Waals surface area contributed by atoms with E-state index in [4.69, 9.17) is 11.6 Å². The Balaban J connectivity index is 1.60. The molecule has 2 bridgehead atoms. The summed E-state index contributed by atoms with van der Waals surface area (Å²) in [6.07, 6.45) is 5.11. The standard InChI is InChI=1S/C17H15BrClNO3/c18-12-4-1-7(5-13(12)19)20-16(21)14-8-2-3-9(11-6-10(8)11)15(14)17(22)23/h1-5,8-11,14-15H,6H2,(H,20,21)(H,22,23)/t8-,9-,10-,11-,14-,15+/m0/s1. The summed E-state index contributed by atoms with van der Waals surface area (Å²) < 4.78 is 0.751. The quantitative estimate of drug-likeness (QED) is 0.764. The number of fused-ring (bicyclic) bond motifs is 1.